The molecule has 0 spiro atoms. The molecular formula is C16H20N2O2. The molecule has 1 fully saturated rings. The molecule has 1 aliphatic heterocycles. The average molecular weight is 272 g/mol. The maximum Gasteiger partial charge on any atom is 0.254 e. The van der Waals surface area contributed by atoms with E-state index in [-0.39, 0.29) is 18.4 Å². The molecule has 1 aromatic rings. The quantitative estimate of drug-likeness (QED) is 0.837. The average Bonchev–Trinajstić information content (AvgIpc) is 3.28. The Morgan fingerprint density at radius 3 is 2.80 bits per heavy atom. The van der Waals surface area contributed by atoms with Gasteiger partial charge < -0.3 is 9.80 Å². The summed E-state index contributed by atoms with van der Waals surface area (Å²) >= 11 is 0. The lowest BCUT2D eigenvalue weighted by molar-refractivity contribution is -0.132. The molecule has 1 saturated carbocycles. The van der Waals surface area contributed by atoms with Crippen LogP contribution in [0.25, 0.3) is 0 Å². The topological polar surface area (TPSA) is 40.6 Å². The maximum atomic E-state index is 12.4. The van der Waals surface area contributed by atoms with Crippen molar-refractivity contribution in [3.63, 3.8) is 0 Å². The van der Waals surface area contributed by atoms with Crippen LogP contribution in [0.15, 0.2) is 24.3 Å². The van der Waals surface area contributed by atoms with Crippen LogP contribution < -0.4 is 0 Å². The van der Waals surface area contributed by atoms with E-state index in [0.717, 1.165) is 36.9 Å². The van der Waals surface area contributed by atoms with Gasteiger partial charge in [0.25, 0.3) is 5.91 Å². The van der Waals surface area contributed by atoms with E-state index in [2.05, 4.69) is 0 Å². The molecule has 0 saturated heterocycles. The fourth-order valence-corrected chi connectivity index (χ4v) is 2.90. The minimum atomic E-state index is -0.00736. The summed E-state index contributed by atoms with van der Waals surface area (Å²) in [5, 5.41) is 0. The summed E-state index contributed by atoms with van der Waals surface area (Å²) in [5.74, 6) is 0.0785. The molecule has 106 valence electrons. The van der Waals surface area contributed by atoms with E-state index in [0.29, 0.717) is 12.6 Å². The van der Waals surface area contributed by atoms with E-state index >= 15 is 0 Å². The van der Waals surface area contributed by atoms with Crippen molar-refractivity contribution in [1.29, 1.82) is 0 Å². The Morgan fingerprint density at radius 1 is 1.35 bits per heavy atom. The number of nitrogens with zero attached hydrogens (tertiary/aromatic N) is 2. The van der Waals surface area contributed by atoms with E-state index in [1.807, 2.05) is 36.1 Å². The summed E-state index contributed by atoms with van der Waals surface area (Å²) in [6.45, 7) is 3.60. The van der Waals surface area contributed by atoms with E-state index in [4.69, 9.17) is 0 Å². The molecule has 0 unspecified atom stereocenters. The first kappa shape index (κ1) is 13.2. The molecule has 4 nitrogen and oxygen atoms in total. The largest absolute Gasteiger partial charge is 0.338 e. The van der Waals surface area contributed by atoms with Gasteiger partial charge >= 0.3 is 0 Å². The Labute approximate surface area is 119 Å². The highest BCUT2D eigenvalue weighted by Gasteiger charge is 2.33. The smallest absolute Gasteiger partial charge is 0.254 e. The second-order valence-electron chi connectivity index (χ2n) is 5.54. The summed E-state index contributed by atoms with van der Waals surface area (Å²) in [4.78, 5) is 28.3. The summed E-state index contributed by atoms with van der Waals surface area (Å²) < 4.78 is 0. The standard InChI is InChI=1S/C16H20N2O2/c1-2-18(13-7-8-13)15(19)11-17-10-9-12-5-3-4-6-14(12)16(17)20/h3-6,13H,2,7-11H2,1H3. The van der Waals surface area contributed by atoms with Gasteiger partial charge in [-0.1, -0.05) is 18.2 Å². The molecule has 0 bridgehead atoms. The van der Waals surface area contributed by atoms with Crippen LogP contribution >= 0.6 is 0 Å². The van der Waals surface area contributed by atoms with Gasteiger partial charge in [-0.3, -0.25) is 9.59 Å². The lowest BCUT2D eigenvalue weighted by Gasteiger charge is -2.30. The van der Waals surface area contributed by atoms with Crippen molar-refractivity contribution >= 4 is 11.8 Å². The van der Waals surface area contributed by atoms with Crippen LogP contribution in [0.3, 0.4) is 0 Å². The van der Waals surface area contributed by atoms with Crippen LogP contribution in [-0.2, 0) is 11.2 Å². The first-order valence-corrected chi connectivity index (χ1v) is 7.37. The van der Waals surface area contributed by atoms with Crippen molar-refractivity contribution < 1.29 is 9.59 Å². The number of rotatable bonds is 4. The SMILES string of the molecule is CCN(C(=O)CN1CCc2ccccc2C1=O)C1CC1. The van der Waals surface area contributed by atoms with Crippen molar-refractivity contribution in [2.75, 3.05) is 19.6 Å². The van der Waals surface area contributed by atoms with Crippen molar-refractivity contribution in [2.45, 2.75) is 32.2 Å². The third kappa shape index (κ3) is 2.42. The number of carbonyl (C=O) groups is 2. The predicted octanol–water partition coefficient (Wildman–Crippen LogP) is 1.70. The number of likely N-dealkylation sites (N-methyl/N-ethyl adjacent to an activating group) is 1. The number of hydrogen-bond acceptors (Lipinski definition) is 2. The molecule has 3 rings (SSSR count). The Kier molecular flexibility index (Phi) is 3.47. The zero-order valence-corrected chi connectivity index (χ0v) is 11.8. The summed E-state index contributed by atoms with van der Waals surface area (Å²) in [5.41, 5.74) is 1.84. The van der Waals surface area contributed by atoms with Gasteiger partial charge in [0.05, 0.1) is 0 Å². The molecular weight excluding hydrogens is 252 g/mol. The number of carbonyl (C=O) groups excluding carboxylic acids is 2. The Bertz CT molecular complexity index is 537. The maximum absolute atomic E-state index is 12.4. The predicted molar refractivity (Wildman–Crippen MR) is 76.5 cm³/mol. The van der Waals surface area contributed by atoms with Gasteiger partial charge in [0, 0.05) is 24.7 Å². The highest BCUT2D eigenvalue weighted by atomic mass is 16.2. The van der Waals surface area contributed by atoms with Crippen molar-refractivity contribution in [3.8, 4) is 0 Å². The molecule has 1 heterocycles. The van der Waals surface area contributed by atoms with Gasteiger partial charge in [-0.2, -0.15) is 0 Å². The van der Waals surface area contributed by atoms with Crippen LogP contribution in [0.4, 0.5) is 0 Å². The first-order chi connectivity index (χ1) is 9.70. The second-order valence-corrected chi connectivity index (χ2v) is 5.54. The van der Waals surface area contributed by atoms with Crippen LogP contribution in [0.5, 0.6) is 0 Å². The Balaban J connectivity index is 1.70. The Hall–Kier alpha value is -1.84. The second kappa shape index (κ2) is 5.27. The zero-order chi connectivity index (χ0) is 14.1. The van der Waals surface area contributed by atoms with Gasteiger partial charge in [-0.05, 0) is 37.8 Å². The molecule has 1 aromatic carbocycles. The fraction of sp³-hybridized carbons (Fsp3) is 0.500. The fourth-order valence-electron chi connectivity index (χ4n) is 2.90. The number of fused-ring (bicyclic) bond motifs is 1. The van der Waals surface area contributed by atoms with Crippen LogP contribution in [0.2, 0.25) is 0 Å². The molecule has 0 N–H and O–H groups in total. The summed E-state index contributed by atoms with van der Waals surface area (Å²) in [7, 11) is 0. The summed E-state index contributed by atoms with van der Waals surface area (Å²) in [6, 6.07) is 8.10. The molecule has 4 heteroatoms. The normalized spacial score (nSPS) is 17.9. The first-order valence-electron chi connectivity index (χ1n) is 7.37. The minimum Gasteiger partial charge on any atom is -0.338 e. The van der Waals surface area contributed by atoms with Gasteiger partial charge in [-0.15, -0.1) is 0 Å². The molecule has 1 aliphatic carbocycles. The van der Waals surface area contributed by atoms with Crippen molar-refractivity contribution in [3.05, 3.63) is 35.4 Å². The van der Waals surface area contributed by atoms with Gasteiger partial charge in [0.15, 0.2) is 0 Å². The lowest BCUT2D eigenvalue weighted by atomic mass is 9.99. The molecule has 2 amide bonds. The van der Waals surface area contributed by atoms with E-state index < -0.39 is 0 Å². The van der Waals surface area contributed by atoms with Crippen LogP contribution in [0.1, 0.15) is 35.7 Å². The monoisotopic (exact) mass is 272 g/mol. The van der Waals surface area contributed by atoms with Gasteiger partial charge in [0.1, 0.15) is 6.54 Å². The summed E-state index contributed by atoms with van der Waals surface area (Å²) in [6.07, 6.45) is 3.05. The van der Waals surface area contributed by atoms with Gasteiger partial charge in [0.2, 0.25) is 5.91 Å². The number of benzene rings is 1. The van der Waals surface area contributed by atoms with Gasteiger partial charge in [-0.25, -0.2) is 0 Å². The van der Waals surface area contributed by atoms with Crippen molar-refractivity contribution in [2.24, 2.45) is 0 Å². The zero-order valence-electron chi connectivity index (χ0n) is 11.8. The molecule has 0 radical (unpaired) electrons. The molecule has 2 aliphatic rings. The third-order valence-corrected chi connectivity index (χ3v) is 4.16. The highest BCUT2D eigenvalue weighted by Crippen LogP contribution is 2.27. The lowest BCUT2D eigenvalue weighted by Crippen LogP contribution is -2.46. The van der Waals surface area contributed by atoms with Crippen LogP contribution in [-0.4, -0.2) is 47.3 Å². The van der Waals surface area contributed by atoms with E-state index in [1.165, 1.54) is 0 Å². The van der Waals surface area contributed by atoms with E-state index in [9.17, 15) is 9.59 Å². The van der Waals surface area contributed by atoms with Crippen LogP contribution in [0, 0.1) is 0 Å². The van der Waals surface area contributed by atoms with Crippen molar-refractivity contribution in [1.82, 2.24) is 9.80 Å². The van der Waals surface area contributed by atoms with E-state index in [1.54, 1.807) is 4.90 Å². The molecule has 0 aromatic heterocycles. The number of hydrogen-bond donors (Lipinski definition) is 0. The minimum absolute atomic E-state index is 0.00736. The molecule has 20 heavy (non-hydrogen) atoms. The molecule has 0 atom stereocenters. The highest BCUT2D eigenvalue weighted by molar-refractivity contribution is 5.98. The Morgan fingerprint density at radius 2 is 2.10 bits per heavy atom. The third-order valence-electron chi connectivity index (χ3n) is 4.16. The number of amides is 2.